The molecule has 0 saturated carbocycles. The van der Waals surface area contributed by atoms with Gasteiger partial charge in [0.15, 0.2) is 0 Å². The lowest BCUT2D eigenvalue weighted by molar-refractivity contribution is 0.603. The molecule has 3 rings (SSSR count). The molecular formula is C14H9F2N3O. The van der Waals surface area contributed by atoms with Gasteiger partial charge in [-0.25, -0.2) is 13.8 Å². The third kappa shape index (κ3) is 1.77. The molecule has 4 nitrogen and oxygen atoms in total. The van der Waals surface area contributed by atoms with Crippen molar-refractivity contribution in [3.8, 4) is 11.3 Å². The van der Waals surface area contributed by atoms with E-state index in [0.717, 1.165) is 23.9 Å². The zero-order valence-electron chi connectivity index (χ0n) is 10.5. The molecular weight excluding hydrogens is 264 g/mol. The molecule has 0 fully saturated rings. The van der Waals surface area contributed by atoms with Crippen molar-refractivity contribution < 1.29 is 8.78 Å². The van der Waals surface area contributed by atoms with Gasteiger partial charge in [-0.05, 0) is 42.4 Å². The number of fused-ring (bicyclic) bond motifs is 1. The van der Waals surface area contributed by atoms with Crippen LogP contribution >= 0.6 is 0 Å². The lowest BCUT2D eigenvalue weighted by atomic mass is 10.1. The molecule has 0 atom stereocenters. The molecule has 6 heteroatoms. The fourth-order valence-corrected chi connectivity index (χ4v) is 2.18. The van der Waals surface area contributed by atoms with E-state index >= 15 is 0 Å². The molecule has 0 saturated heterocycles. The highest BCUT2D eigenvalue weighted by molar-refractivity contribution is 5.75. The maximum Gasteiger partial charge on any atom is 0.210 e. The van der Waals surface area contributed by atoms with Gasteiger partial charge in [-0.15, -0.1) is 4.91 Å². The molecule has 0 radical (unpaired) electrons. The monoisotopic (exact) mass is 273 g/mol. The van der Waals surface area contributed by atoms with Crippen molar-refractivity contribution in [2.45, 2.75) is 6.92 Å². The summed E-state index contributed by atoms with van der Waals surface area (Å²) in [6.07, 6.45) is 0. The standard InChI is InChI=1S/C14H9F2N3O/c1-8-3-2-4-12-17-13(14(18-20)19(8)12)10-7-9(15)5-6-11(10)16/h2-7H,1H3. The van der Waals surface area contributed by atoms with E-state index in [2.05, 4.69) is 10.2 Å². The first-order valence-electron chi connectivity index (χ1n) is 5.88. The Hall–Kier alpha value is -2.63. The van der Waals surface area contributed by atoms with Crippen LogP contribution in [0, 0.1) is 23.5 Å². The Kier molecular flexibility index (Phi) is 2.78. The van der Waals surface area contributed by atoms with Crippen LogP contribution in [0.5, 0.6) is 0 Å². The van der Waals surface area contributed by atoms with Crippen molar-refractivity contribution in [2.75, 3.05) is 0 Å². The van der Waals surface area contributed by atoms with Crippen LogP contribution in [0.3, 0.4) is 0 Å². The van der Waals surface area contributed by atoms with Crippen molar-refractivity contribution in [2.24, 2.45) is 5.18 Å². The molecule has 0 aliphatic carbocycles. The van der Waals surface area contributed by atoms with Gasteiger partial charge in [-0.1, -0.05) is 6.07 Å². The zero-order chi connectivity index (χ0) is 14.3. The Balaban J connectivity index is 2.39. The number of nitroso groups, excluding NO2 is 1. The maximum atomic E-state index is 13.8. The number of aryl methyl sites for hydroxylation is 1. The van der Waals surface area contributed by atoms with Gasteiger partial charge in [0, 0.05) is 11.3 Å². The molecule has 20 heavy (non-hydrogen) atoms. The van der Waals surface area contributed by atoms with Gasteiger partial charge in [0.2, 0.25) is 5.82 Å². The molecule has 0 aliphatic rings. The van der Waals surface area contributed by atoms with Crippen LogP contribution in [0.2, 0.25) is 0 Å². The third-order valence-electron chi connectivity index (χ3n) is 3.08. The number of pyridine rings is 1. The largest absolute Gasteiger partial charge is 0.278 e. The van der Waals surface area contributed by atoms with Crippen molar-refractivity contribution in [1.29, 1.82) is 0 Å². The number of benzene rings is 1. The van der Waals surface area contributed by atoms with Crippen LogP contribution in [-0.2, 0) is 0 Å². The van der Waals surface area contributed by atoms with E-state index in [4.69, 9.17) is 0 Å². The summed E-state index contributed by atoms with van der Waals surface area (Å²) >= 11 is 0. The molecule has 100 valence electrons. The zero-order valence-corrected chi connectivity index (χ0v) is 10.5. The highest BCUT2D eigenvalue weighted by Gasteiger charge is 2.19. The minimum Gasteiger partial charge on any atom is -0.278 e. The number of rotatable bonds is 2. The van der Waals surface area contributed by atoms with E-state index in [1.807, 2.05) is 0 Å². The predicted octanol–water partition coefficient (Wildman–Crippen LogP) is 3.99. The molecule has 2 aromatic heterocycles. The molecule has 3 aromatic rings. The Bertz CT molecular complexity index is 827. The molecule has 1 aromatic carbocycles. The highest BCUT2D eigenvalue weighted by atomic mass is 19.1. The number of nitrogens with zero attached hydrogens (tertiary/aromatic N) is 3. The summed E-state index contributed by atoms with van der Waals surface area (Å²) in [6.45, 7) is 1.77. The predicted molar refractivity (Wildman–Crippen MR) is 70.7 cm³/mol. The van der Waals surface area contributed by atoms with E-state index in [1.165, 1.54) is 4.40 Å². The van der Waals surface area contributed by atoms with Crippen LogP contribution in [-0.4, -0.2) is 9.38 Å². The fourth-order valence-electron chi connectivity index (χ4n) is 2.18. The van der Waals surface area contributed by atoms with Crippen LogP contribution < -0.4 is 0 Å². The van der Waals surface area contributed by atoms with Gasteiger partial charge in [0.05, 0.1) is 0 Å². The van der Waals surface area contributed by atoms with Crippen LogP contribution in [0.1, 0.15) is 5.69 Å². The highest BCUT2D eigenvalue weighted by Crippen LogP contribution is 2.33. The van der Waals surface area contributed by atoms with E-state index in [1.54, 1.807) is 25.1 Å². The Morgan fingerprint density at radius 1 is 1.20 bits per heavy atom. The van der Waals surface area contributed by atoms with Crippen LogP contribution in [0.4, 0.5) is 14.6 Å². The summed E-state index contributed by atoms with van der Waals surface area (Å²) in [5, 5.41) is 2.93. The average Bonchev–Trinajstić information content (AvgIpc) is 2.81. The summed E-state index contributed by atoms with van der Waals surface area (Å²) in [5.41, 5.74) is 1.14. The Morgan fingerprint density at radius 2 is 2.00 bits per heavy atom. The van der Waals surface area contributed by atoms with Gasteiger partial charge in [0.1, 0.15) is 23.0 Å². The van der Waals surface area contributed by atoms with Crippen molar-refractivity contribution >= 4 is 11.5 Å². The minimum absolute atomic E-state index is 0.0336. The van der Waals surface area contributed by atoms with Gasteiger partial charge in [0.25, 0.3) is 0 Å². The van der Waals surface area contributed by atoms with E-state index < -0.39 is 11.6 Å². The normalized spacial score (nSPS) is 10.9. The van der Waals surface area contributed by atoms with Crippen LogP contribution in [0.25, 0.3) is 16.9 Å². The first-order valence-corrected chi connectivity index (χ1v) is 5.88. The van der Waals surface area contributed by atoms with Gasteiger partial charge < -0.3 is 0 Å². The number of aromatic nitrogens is 2. The maximum absolute atomic E-state index is 13.8. The Labute approximate surface area is 112 Å². The van der Waals surface area contributed by atoms with Crippen molar-refractivity contribution in [1.82, 2.24) is 9.38 Å². The summed E-state index contributed by atoms with van der Waals surface area (Å²) in [7, 11) is 0. The number of hydrogen-bond acceptors (Lipinski definition) is 3. The van der Waals surface area contributed by atoms with Crippen molar-refractivity contribution in [3.05, 3.63) is 58.6 Å². The van der Waals surface area contributed by atoms with E-state index in [9.17, 15) is 13.7 Å². The average molecular weight is 273 g/mol. The molecule has 0 aliphatic heterocycles. The smallest absolute Gasteiger partial charge is 0.210 e. The second kappa shape index (κ2) is 4.48. The number of halogens is 2. The first kappa shape index (κ1) is 12.4. The van der Waals surface area contributed by atoms with E-state index in [-0.39, 0.29) is 17.1 Å². The van der Waals surface area contributed by atoms with Crippen LogP contribution in [0.15, 0.2) is 41.6 Å². The topological polar surface area (TPSA) is 46.7 Å². The van der Waals surface area contributed by atoms with Crippen molar-refractivity contribution in [3.63, 3.8) is 0 Å². The molecule has 0 bridgehead atoms. The van der Waals surface area contributed by atoms with Gasteiger partial charge >= 0.3 is 0 Å². The minimum atomic E-state index is -0.655. The number of hydrogen-bond donors (Lipinski definition) is 0. The molecule has 0 unspecified atom stereocenters. The second-order valence-electron chi connectivity index (χ2n) is 4.36. The number of imidazole rings is 1. The molecule has 0 N–H and O–H groups in total. The first-order chi connectivity index (χ1) is 9.61. The lowest BCUT2D eigenvalue weighted by Gasteiger charge is -2.01. The molecule has 2 heterocycles. The van der Waals surface area contributed by atoms with Gasteiger partial charge in [-0.2, -0.15) is 0 Å². The summed E-state index contributed by atoms with van der Waals surface area (Å²) in [5.74, 6) is -1.30. The summed E-state index contributed by atoms with van der Waals surface area (Å²) in [6, 6.07) is 8.21. The quantitative estimate of drug-likeness (QED) is 0.663. The summed E-state index contributed by atoms with van der Waals surface area (Å²) < 4.78 is 28.6. The van der Waals surface area contributed by atoms with E-state index in [0.29, 0.717) is 5.65 Å². The SMILES string of the molecule is Cc1cccc2nc(-c3cc(F)ccc3F)c(N=O)n12. The fraction of sp³-hybridized carbons (Fsp3) is 0.0714. The molecule has 0 spiro atoms. The molecule has 0 amide bonds. The Morgan fingerprint density at radius 3 is 2.75 bits per heavy atom. The third-order valence-corrected chi connectivity index (χ3v) is 3.08. The summed E-state index contributed by atoms with van der Waals surface area (Å²) in [4.78, 5) is 15.3. The second-order valence-corrected chi connectivity index (χ2v) is 4.36. The lowest BCUT2D eigenvalue weighted by Crippen LogP contribution is -1.89. The van der Waals surface area contributed by atoms with Gasteiger partial charge in [-0.3, -0.25) is 4.40 Å².